The van der Waals surface area contributed by atoms with E-state index in [9.17, 15) is 4.79 Å². The summed E-state index contributed by atoms with van der Waals surface area (Å²) in [6.07, 6.45) is 1.92. The predicted octanol–water partition coefficient (Wildman–Crippen LogP) is 4.74. The van der Waals surface area contributed by atoms with Crippen molar-refractivity contribution < 1.29 is 4.79 Å². The van der Waals surface area contributed by atoms with Gasteiger partial charge in [-0.1, -0.05) is 63.2 Å². The molecule has 0 radical (unpaired) electrons. The highest BCUT2D eigenvalue weighted by atomic mass is 16.1. The standard InChI is InChI=1S/C21H27NO/c1-16(10-11-17-8-6-5-7-9-17)22-20(23)18-12-14-19(15-13-18)21(2,3)4/h5-9,12-16H,10-11H2,1-4H3,(H,22,23)/t16-/m1/s1. The maximum Gasteiger partial charge on any atom is 0.251 e. The molecule has 0 heterocycles. The van der Waals surface area contributed by atoms with Gasteiger partial charge in [-0.15, -0.1) is 0 Å². The van der Waals surface area contributed by atoms with Crippen LogP contribution in [-0.2, 0) is 11.8 Å². The van der Waals surface area contributed by atoms with Gasteiger partial charge in [0.1, 0.15) is 0 Å². The number of aryl methyl sites for hydroxylation is 1. The molecule has 0 spiro atoms. The molecule has 2 heteroatoms. The van der Waals surface area contributed by atoms with Crippen LogP contribution in [0, 0.1) is 0 Å². The second kappa shape index (κ2) is 7.45. The summed E-state index contributed by atoms with van der Waals surface area (Å²) in [5.74, 6) is 0.00557. The van der Waals surface area contributed by atoms with E-state index in [1.54, 1.807) is 0 Å². The molecule has 0 bridgehead atoms. The van der Waals surface area contributed by atoms with Crippen LogP contribution in [0.4, 0.5) is 0 Å². The van der Waals surface area contributed by atoms with Gasteiger partial charge in [-0.2, -0.15) is 0 Å². The van der Waals surface area contributed by atoms with Crippen molar-refractivity contribution in [3.8, 4) is 0 Å². The topological polar surface area (TPSA) is 29.1 Å². The lowest BCUT2D eigenvalue weighted by Crippen LogP contribution is -2.32. The Bertz CT molecular complexity index is 623. The fraction of sp³-hybridized carbons (Fsp3) is 0.381. The van der Waals surface area contributed by atoms with Gasteiger partial charge < -0.3 is 5.32 Å². The van der Waals surface area contributed by atoms with E-state index < -0.39 is 0 Å². The largest absolute Gasteiger partial charge is 0.350 e. The number of carbonyl (C=O) groups is 1. The minimum absolute atomic E-state index is 0.00557. The van der Waals surface area contributed by atoms with Crippen LogP contribution in [0.25, 0.3) is 0 Å². The molecule has 0 aliphatic heterocycles. The van der Waals surface area contributed by atoms with Crippen LogP contribution in [0.3, 0.4) is 0 Å². The molecule has 122 valence electrons. The maximum absolute atomic E-state index is 12.3. The average Bonchev–Trinajstić information content (AvgIpc) is 2.53. The van der Waals surface area contributed by atoms with E-state index >= 15 is 0 Å². The number of rotatable bonds is 5. The second-order valence-electron chi connectivity index (χ2n) is 7.23. The van der Waals surface area contributed by atoms with Gasteiger partial charge >= 0.3 is 0 Å². The summed E-state index contributed by atoms with van der Waals surface area (Å²) >= 11 is 0. The lowest BCUT2D eigenvalue weighted by molar-refractivity contribution is 0.0938. The van der Waals surface area contributed by atoms with Crippen LogP contribution in [0.2, 0.25) is 0 Å². The first kappa shape index (κ1) is 17.3. The third-order valence-corrected chi connectivity index (χ3v) is 4.10. The fourth-order valence-electron chi connectivity index (χ4n) is 2.53. The average molecular weight is 309 g/mol. The van der Waals surface area contributed by atoms with Gasteiger partial charge in [0.15, 0.2) is 0 Å². The molecular weight excluding hydrogens is 282 g/mol. The number of benzene rings is 2. The van der Waals surface area contributed by atoms with Crippen molar-refractivity contribution in [3.05, 3.63) is 71.3 Å². The SMILES string of the molecule is C[C@H](CCc1ccccc1)NC(=O)c1ccc(C(C)(C)C)cc1. The molecule has 2 aromatic carbocycles. The molecule has 1 N–H and O–H groups in total. The maximum atomic E-state index is 12.3. The Balaban J connectivity index is 1.88. The first-order valence-electron chi connectivity index (χ1n) is 8.31. The third kappa shape index (κ3) is 5.24. The number of amides is 1. The van der Waals surface area contributed by atoms with E-state index in [4.69, 9.17) is 0 Å². The van der Waals surface area contributed by atoms with Crippen LogP contribution in [0.1, 0.15) is 55.6 Å². The van der Waals surface area contributed by atoms with Crippen LogP contribution in [0.5, 0.6) is 0 Å². The van der Waals surface area contributed by atoms with Crippen molar-refractivity contribution in [2.45, 2.75) is 52.0 Å². The van der Waals surface area contributed by atoms with Gasteiger partial charge in [0.25, 0.3) is 5.91 Å². The Morgan fingerprint density at radius 2 is 1.61 bits per heavy atom. The van der Waals surface area contributed by atoms with E-state index in [1.807, 2.05) is 30.3 Å². The van der Waals surface area contributed by atoms with Crippen molar-refractivity contribution in [1.82, 2.24) is 5.32 Å². The molecule has 0 aromatic heterocycles. The molecule has 0 saturated carbocycles. The highest BCUT2D eigenvalue weighted by Crippen LogP contribution is 2.22. The van der Waals surface area contributed by atoms with Crippen molar-refractivity contribution in [2.75, 3.05) is 0 Å². The summed E-state index contributed by atoms with van der Waals surface area (Å²) in [6.45, 7) is 8.58. The molecule has 0 saturated heterocycles. The van der Waals surface area contributed by atoms with Gasteiger partial charge in [0.2, 0.25) is 0 Å². The minimum Gasteiger partial charge on any atom is -0.350 e. The van der Waals surface area contributed by atoms with Crippen molar-refractivity contribution in [1.29, 1.82) is 0 Å². The van der Waals surface area contributed by atoms with E-state index in [0.29, 0.717) is 0 Å². The first-order chi connectivity index (χ1) is 10.9. The van der Waals surface area contributed by atoms with E-state index in [2.05, 4.69) is 57.3 Å². The number of hydrogen-bond acceptors (Lipinski definition) is 1. The second-order valence-corrected chi connectivity index (χ2v) is 7.23. The smallest absolute Gasteiger partial charge is 0.251 e. The predicted molar refractivity (Wildman–Crippen MR) is 96.8 cm³/mol. The Labute approximate surface area is 139 Å². The van der Waals surface area contributed by atoms with Gasteiger partial charge in [-0.05, 0) is 48.4 Å². The number of nitrogens with one attached hydrogen (secondary N) is 1. The van der Waals surface area contributed by atoms with Crippen molar-refractivity contribution in [3.63, 3.8) is 0 Å². The molecule has 23 heavy (non-hydrogen) atoms. The first-order valence-corrected chi connectivity index (χ1v) is 8.31. The molecule has 0 aliphatic carbocycles. The lowest BCUT2D eigenvalue weighted by atomic mass is 9.86. The summed E-state index contributed by atoms with van der Waals surface area (Å²) in [6, 6.07) is 18.5. The molecule has 2 aromatic rings. The van der Waals surface area contributed by atoms with Gasteiger partial charge in [-0.25, -0.2) is 0 Å². The monoisotopic (exact) mass is 309 g/mol. The van der Waals surface area contributed by atoms with E-state index in [1.165, 1.54) is 11.1 Å². The number of carbonyl (C=O) groups excluding carboxylic acids is 1. The molecule has 2 rings (SSSR count). The Kier molecular flexibility index (Phi) is 5.59. The molecule has 2 nitrogen and oxygen atoms in total. The van der Waals surface area contributed by atoms with Gasteiger partial charge in [0, 0.05) is 11.6 Å². The van der Waals surface area contributed by atoms with Gasteiger partial charge in [0.05, 0.1) is 0 Å². The lowest BCUT2D eigenvalue weighted by Gasteiger charge is -2.19. The molecule has 0 fully saturated rings. The van der Waals surface area contributed by atoms with Crippen LogP contribution < -0.4 is 5.32 Å². The summed E-state index contributed by atoms with van der Waals surface area (Å²) < 4.78 is 0. The molecule has 1 atom stereocenters. The van der Waals surface area contributed by atoms with Crippen LogP contribution >= 0.6 is 0 Å². The zero-order chi connectivity index (χ0) is 16.9. The molecule has 0 unspecified atom stereocenters. The third-order valence-electron chi connectivity index (χ3n) is 4.10. The van der Waals surface area contributed by atoms with Crippen molar-refractivity contribution >= 4 is 5.91 Å². The summed E-state index contributed by atoms with van der Waals surface area (Å²) in [5.41, 5.74) is 3.39. The van der Waals surface area contributed by atoms with Crippen LogP contribution in [-0.4, -0.2) is 11.9 Å². The van der Waals surface area contributed by atoms with Gasteiger partial charge in [-0.3, -0.25) is 4.79 Å². The summed E-state index contributed by atoms with van der Waals surface area (Å²) in [5, 5.41) is 3.09. The normalized spacial score (nSPS) is 12.7. The highest BCUT2D eigenvalue weighted by molar-refractivity contribution is 5.94. The molecule has 0 aliphatic rings. The van der Waals surface area contributed by atoms with Crippen molar-refractivity contribution in [2.24, 2.45) is 0 Å². The summed E-state index contributed by atoms with van der Waals surface area (Å²) in [7, 11) is 0. The van der Waals surface area contributed by atoms with Crippen LogP contribution in [0.15, 0.2) is 54.6 Å². The quantitative estimate of drug-likeness (QED) is 0.849. The molecule has 1 amide bonds. The highest BCUT2D eigenvalue weighted by Gasteiger charge is 2.15. The number of hydrogen-bond donors (Lipinski definition) is 1. The summed E-state index contributed by atoms with van der Waals surface area (Å²) in [4.78, 5) is 12.3. The Hall–Kier alpha value is -2.09. The molecular formula is C21H27NO. The minimum atomic E-state index is 0.00557. The zero-order valence-corrected chi connectivity index (χ0v) is 14.6. The zero-order valence-electron chi connectivity index (χ0n) is 14.6. The Morgan fingerprint density at radius 3 is 2.17 bits per heavy atom. The van der Waals surface area contributed by atoms with E-state index in [0.717, 1.165) is 18.4 Å². The van der Waals surface area contributed by atoms with E-state index in [-0.39, 0.29) is 17.4 Å². The fourth-order valence-corrected chi connectivity index (χ4v) is 2.53. The Morgan fingerprint density at radius 1 is 1.00 bits per heavy atom.